The molecular formula is C16H13F3N4O3. The quantitative estimate of drug-likeness (QED) is 0.676. The first-order valence-electron chi connectivity index (χ1n) is 7.42. The lowest BCUT2D eigenvalue weighted by Crippen LogP contribution is -2.30. The fraction of sp³-hybridized carbons (Fsp3) is 0.188. The molecule has 0 radical (unpaired) electrons. The number of nitrogens with zero attached hydrogens (tertiary/aromatic N) is 3. The van der Waals surface area contributed by atoms with Crippen LogP contribution < -0.4 is 5.32 Å². The predicted octanol–water partition coefficient (Wildman–Crippen LogP) is 2.82. The minimum Gasteiger partial charge on any atom is -0.459 e. The Morgan fingerprint density at radius 2 is 2.00 bits per heavy atom. The van der Waals surface area contributed by atoms with Gasteiger partial charge < -0.3 is 14.2 Å². The lowest BCUT2D eigenvalue weighted by Gasteiger charge is -2.14. The number of halogens is 3. The van der Waals surface area contributed by atoms with E-state index < -0.39 is 29.0 Å². The van der Waals surface area contributed by atoms with Crippen LogP contribution in [0.15, 0.2) is 39.4 Å². The molecule has 136 valence electrons. The van der Waals surface area contributed by atoms with E-state index in [1.54, 1.807) is 19.2 Å². The van der Waals surface area contributed by atoms with E-state index in [0.29, 0.717) is 5.76 Å². The average Bonchev–Trinajstić information content (AvgIpc) is 3.26. The fourth-order valence-corrected chi connectivity index (χ4v) is 2.16. The van der Waals surface area contributed by atoms with Gasteiger partial charge in [0.1, 0.15) is 0 Å². The Bertz CT molecular complexity index is 912. The molecule has 3 aromatic rings. The predicted molar refractivity (Wildman–Crippen MR) is 83.3 cm³/mol. The maximum absolute atomic E-state index is 13.6. The van der Waals surface area contributed by atoms with E-state index in [1.807, 2.05) is 0 Å². The number of likely N-dealkylation sites (N-methyl/N-ethyl adjacent to an activating group) is 1. The van der Waals surface area contributed by atoms with Crippen molar-refractivity contribution >= 4 is 11.6 Å². The van der Waals surface area contributed by atoms with Crippen molar-refractivity contribution in [2.45, 2.75) is 6.54 Å². The number of amides is 1. The van der Waals surface area contributed by atoms with Gasteiger partial charge in [0, 0.05) is 0 Å². The summed E-state index contributed by atoms with van der Waals surface area (Å²) in [6.07, 6.45) is 1.47. The van der Waals surface area contributed by atoms with Gasteiger partial charge in [-0.3, -0.25) is 9.69 Å². The number of carbonyl (C=O) groups excluding carboxylic acids is 1. The number of aromatic nitrogens is 2. The molecule has 2 heterocycles. The van der Waals surface area contributed by atoms with E-state index >= 15 is 0 Å². The van der Waals surface area contributed by atoms with Crippen molar-refractivity contribution in [1.82, 2.24) is 15.1 Å². The summed E-state index contributed by atoms with van der Waals surface area (Å²) in [7, 11) is 1.60. The Morgan fingerprint density at radius 3 is 2.73 bits per heavy atom. The topological polar surface area (TPSA) is 84.4 Å². The highest BCUT2D eigenvalue weighted by atomic mass is 19.2. The van der Waals surface area contributed by atoms with Crippen LogP contribution in [-0.2, 0) is 11.3 Å². The van der Waals surface area contributed by atoms with Gasteiger partial charge in [-0.05, 0) is 31.3 Å². The number of hydrogen-bond donors (Lipinski definition) is 1. The highest BCUT2D eigenvalue weighted by Crippen LogP contribution is 2.20. The molecule has 1 amide bonds. The maximum atomic E-state index is 13.6. The zero-order chi connectivity index (χ0) is 18.7. The normalized spacial score (nSPS) is 11.1. The van der Waals surface area contributed by atoms with Gasteiger partial charge >= 0.3 is 0 Å². The summed E-state index contributed by atoms with van der Waals surface area (Å²) < 4.78 is 50.1. The zero-order valence-corrected chi connectivity index (χ0v) is 13.5. The summed E-state index contributed by atoms with van der Waals surface area (Å²) >= 11 is 0. The van der Waals surface area contributed by atoms with Crippen LogP contribution in [0.4, 0.5) is 18.9 Å². The molecule has 0 aliphatic carbocycles. The van der Waals surface area contributed by atoms with Crippen molar-refractivity contribution in [1.29, 1.82) is 0 Å². The van der Waals surface area contributed by atoms with E-state index in [2.05, 4.69) is 15.5 Å². The van der Waals surface area contributed by atoms with Gasteiger partial charge in [0.25, 0.3) is 5.89 Å². The molecule has 0 fully saturated rings. The van der Waals surface area contributed by atoms with Crippen molar-refractivity contribution in [3.05, 3.63) is 53.9 Å². The molecule has 1 aromatic carbocycles. The van der Waals surface area contributed by atoms with Gasteiger partial charge in [-0.15, -0.1) is 10.2 Å². The summed E-state index contributed by atoms with van der Waals surface area (Å²) in [5.74, 6) is -4.20. The highest BCUT2D eigenvalue weighted by molar-refractivity contribution is 5.92. The van der Waals surface area contributed by atoms with Gasteiger partial charge in [0.05, 0.1) is 25.0 Å². The lowest BCUT2D eigenvalue weighted by molar-refractivity contribution is -0.117. The minimum absolute atomic E-state index is 0.140. The Kier molecular flexibility index (Phi) is 5.03. The first kappa shape index (κ1) is 17.7. The molecule has 0 saturated heterocycles. The van der Waals surface area contributed by atoms with Crippen LogP contribution in [0.5, 0.6) is 0 Å². The molecule has 0 bridgehead atoms. The third-order valence-electron chi connectivity index (χ3n) is 3.33. The lowest BCUT2D eigenvalue weighted by atomic mass is 10.2. The van der Waals surface area contributed by atoms with Gasteiger partial charge in [0.2, 0.25) is 11.8 Å². The second kappa shape index (κ2) is 7.40. The molecule has 0 spiro atoms. The molecule has 0 aliphatic heterocycles. The number of benzene rings is 1. The smallest absolute Gasteiger partial charge is 0.283 e. The van der Waals surface area contributed by atoms with Crippen molar-refractivity contribution in [2.75, 3.05) is 18.9 Å². The third-order valence-corrected chi connectivity index (χ3v) is 3.33. The van der Waals surface area contributed by atoms with Gasteiger partial charge in [0.15, 0.2) is 23.2 Å². The van der Waals surface area contributed by atoms with Gasteiger partial charge in [-0.25, -0.2) is 13.2 Å². The number of rotatable bonds is 6. The molecule has 26 heavy (non-hydrogen) atoms. The van der Waals surface area contributed by atoms with Gasteiger partial charge in [-0.2, -0.15) is 0 Å². The summed E-state index contributed by atoms with van der Waals surface area (Å²) in [6.45, 7) is -0.0295. The first-order valence-corrected chi connectivity index (χ1v) is 7.42. The van der Waals surface area contributed by atoms with Crippen LogP contribution in [0.25, 0.3) is 11.7 Å². The Balaban J connectivity index is 1.57. The average molecular weight is 366 g/mol. The number of furan rings is 1. The number of hydrogen-bond acceptors (Lipinski definition) is 6. The standard InChI is InChI=1S/C16H13F3N4O3/c1-23(8-13-21-22-16(26-13)11-3-2-6-25-11)7-12(24)20-10-5-4-9(17)14(18)15(10)19/h2-6H,7-8H2,1H3,(H,20,24). The largest absolute Gasteiger partial charge is 0.459 e. The molecule has 2 aromatic heterocycles. The maximum Gasteiger partial charge on any atom is 0.283 e. The second-order valence-corrected chi connectivity index (χ2v) is 5.42. The van der Waals surface area contributed by atoms with Crippen molar-refractivity contribution in [3.8, 4) is 11.7 Å². The fourth-order valence-electron chi connectivity index (χ4n) is 2.16. The van der Waals surface area contributed by atoms with Crippen molar-refractivity contribution < 1.29 is 26.8 Å². The molecule has 0 atom stereocenters. The van der Waals surface area contributed by atoms with Crippen LogP contribution in [-0.4, -0.2) is 34.6 Å². The number of carbonyl (C=O) groups is 1. The van der Waals surface area contributed by atoms with E-state index in [0.717, 1.165) is 12.1 Å². The minimum atomic E-state index is -1.65. The van der Waals surface area contributed by atoms with Crippen molar-refractivity contribution in [2.24, 2.45) is 0 Å². The number of anilines is 1. The van der Waals surface area contributed by atoms with E-state index in [4.69, 9.17) is 8.83 Å². The first-order chi connectivity index (χ1) is 12.4. The second-order valence-electron chi connectivity index (χ2n) is 5.42. The number of nitrogens with one attached hydrogen (secondary N) is 1. The van der Waals surface area contributed by atoms with Gasteiger partial charge in [-0.1, -0.05) is 0 Å². The third kappa shape index (κ3) is 3.91. The molecular weight excluding hydrogens is 353 g/mol. The van der Waals surface area contributed by atoms with Crippen LogP contribution in [0, 0.1) is 17.5 Å². The molecule has 0 unspecified atom stereocenters. The molecule has 3 rings (SSSR count). The summed E-state index contributed by atoms with van der Waals surface area (Å²) in [5, 5.41) is 9.84. The molecule has 1 N–H and O–H groups in total. The van der Waals surface area contributed by atoms with E-state index in [9.17, 15) is 18.0 Å². The van der Waals surface area contributed by atoms with Crippen molar-refractivity contribution in [3.63, 3.8) is 0 Å². The van der Waals surface area contributed by atoms with Crippen LogP contribution in [0.3, 0.4) is 0 Å². The van der Waals surface area contributed by atoms with Crippen LogP contribution in [0.2, 0.25) is 0 Å². The molecule has 10 heteroatoms. The van der Waals surface area contributed by atoms with E-state index in [-0.39, 0.29) is 24.9 Å². The Morgan fingerprint density at radius 1 is 1.19 bits per heavy atom. The molecule has 7 nitrogen and oxygen atoms in total. The van der Waals surface area contributed by atoms with E-state index in [1.165, 1.54) is 11.2 Å². The summed E-state index contributed by atoms with van der Waals surface area (Å²) in [6, 6.07) is 5.00. The monoisotopic (exact) mass is 366 g/mol. The molecule has 0 saturated carbocycles. The molecule has 0 aliphatic rings. The Labute approximate surface area is 145 Å². The summed E-state index contributed by atoms with van der Waals surface area (Å²) in [4.78, 5) is 13.5. The van der Waals surface area contributed by atoms with Crippen LogP contribution in [0.1, 0.15) is 5.89 Å². The summed E-state index contributed by atoms with van der Waals surface area (Å²) in [5.41, 5.74) is -0.444. The highest BCUT2D eigenvalue weighted by Gasteiger charge is 2.17. The SMILES string of the molecule is CN(CC(=O)Nc1ccc(F)c(F)c1F)Cc1nnc(-c2ccco2)o1. The van der Waals surface area contributed by atoms with Crippen LogP contribution >= 0.6 is 0 Å². The Hall–Kier alpha value is -3.14. The zero-order valence-electron chi connectivity index (χ0n) is 13.5.